The van der Waals surface area contributed by atoms with Crippen LogP contribution in [0.25, 0.3) is 11.1 Å². The van der Waals surface area contributed by atoms with Crippen molar-refractivity contribution in [3.05, 3.63) is 59.7 Å². The minimum atomic E-state index is -0.572. The summed E-state index contributed by atoms with van der Waals surface area (Å²) in [5, 5.41) is 19.4. The number of fused-ring (bicyclic) bond motifs is 1. The van der Waals surface area contributed by atoms with Crippen molar-refractivity contribution in [2.45, 2.75) is 26.7 Å². The lowest BCUT2D eigenvalue weighted by Crippen LogP contribution is -2.07. The number of hydrogen-bond acceptors (Lipinski definition) is 6. The van der Waals surface area contributed by atoms with Crippen molar-refractivity contribution in [3.63, 3.8) is 0 Å². The predicted molar refractivity (Wildman–Crippen MR) is 120 cm³/mol. The second-order valence-electron chi connectivity index (χ2n) is 7.56. The molecule has 1 N–H and O–H groups in total. The van der Waals surface area contributed by atoms with Crippen molar-refractivity contribution in [1.82, 2.24) is 0 Å². The highest BCUT2D eigenvalue weighted by atomic mass is 16.5. The molecule has 0 fully saturated rings. The number of anilines is 1. The maximum Gasteiger partial charge on any atom is 0.342 e. The van der Waals surface area contributed by atoms with Gasteiger partial charge in [0.1, 0.15) is 11.3 Å². The zero-order chi connectivity index (χ0) is 21.8. The molecule has 0 atom stereocenters. The van der Waals surface area contributed by atoms with Gasteiger partial charge in [-0.1, -0.05) is 32.0 Å². The molecule has 0 spiro atoms. The Labute approximate surface area is 177 Å². The van der Waals surface area contributed by atoms with E-state index in [0.29, 0.717) is 16.8 Å². The Morgan fingerprint density at radius 1 is 1.07 bits per heavy atom. The van der Waals surface area contributed by atoms with Gasteiger partial charge in [0, 0.05) is 30.9 Å². The van der Waals surface area contributed by atoms with Crippen LogP contribution in [0.2, 0.25) is 0 Å². The first-order chi connectivity index (χ1) is 14.3. The summed E-state index contributed by atoms with van der Waals surface area (Å²) in [4.78, 5) is 14.6. The first-order valence-corrected chi connectivity index (χ1v) is 9.98. The fourth-order valence-electron chi connectivity index (χ4n) is 3.22. The quantitative estimate of drug-likeness (QED) is 0.387. The van der Waals surface area contributed by atoms with E-state index in [0.717, 1.165) is 11.3 Å². The lowest BCUT2D eigenvalue weighted by atomic mass is 10.0. The zero-order valence-electron chi connectivity index (χ0n) is 18.0. The Kier molecular flexibility index (Phi) is 6.35. The fourth-order valence-corrected chi connectivity index (χ4v) is 3.22. The van der Waals surface area contributed by atoms with Gasteiger partial charge in [-0.2, -0.15) is 5.11 Å². The molecule has 0 aromatic heterocycles. The van der Waals surface area contributed by atoms with Gasteiger partial charge in [0.05, 0.1) is 12.3 Å². The number of hydrogen-bond donors (Lipinski definition) is 1. The van der Waals surface area contributed by atoms with E-state index in [4.69, 9.17) is 4.74 Å². The normalized spacial score (nSPS) is 11.4. The number of ether oxygens (including phenoxy) is 1. The summed E-state index contributed by atoms with van der Waals surface area (Å²) < 4.78 is 5.18. The second-order valence-corrected chi connectivity index (χ2v) is 7.56. The van der Waals surface area contributed by atoms with Gasteiger partial charge in [-0.25, -0.2) is 4.79 Å². The SMILES string of the molecule is CCOC(=O)c1c2cc(C(C)C)cccc-2c(N=Nc2ccc(N(C)C)cc2)c1O. The summed E-state index contributed by atoms with van der Waals surface area (Å²) in [5.74, 6) is -0.524. The van der Waals surface area contributed by atoms with Crippen LogP contribution in [0.5, 0.6) is 5.75 Å². The van der Waals surface area contributed by atoms with Crippen LogP contribution < -0.4 is 4.90 Å². The van der Waals surface area contributed by atoms with Crippen molar-refractivity contribution in [2.24, 2.45) is 10.2 Å². The van der Waals surface area contributed by atoms with Crippen LogP contribution in [0, 0.1) is 0 Å². The van der Waals surface area contributed by atoms with Crippen molar-refractivity contribution in [2.75, 3.05) is 25.6 Å². The maximum atomic E-state index is 12.6. The summed E-state index contributed by atoms with van der Waals surface area (Å²) >= 11 is 0. The van der Waals surface area contributed by atoms with Crippen molar-refractivity contribution >= 4 is 23.0 Å². The van der Waals surface area contributed by atoms with Gasteiger partial charge >= 0.3 is 5.97 Å². The Morgan fingerprint density at radius 3 is 2.37 bits per heavy atom. The lowest BCUT2D eigenvalue weighted by molar-refractivity contribution is 0.0524. The predicted octanol–water partition coefficient (Wildman–Crippen LogP) is 6.28. The number of azo groups is 1. The summed E-state index contributed by atoms with van der Waals surface area (Å²) in [6.07, 6.45) is 0. The number of carbonyl (C=O) groups excluding carboxylic acids is 1. The van der Waals surface area contributed by atoms with E-state index in [-0.39, 0.29) is 29.5 Å². The number of nitrogens with zero attached hydrogens (tertiary/aromatic N) is 3. The van der Waals surface area contributed by atoms with Gasteiger partial charge in [0.15, 0.2) is 5.75 Å². The Morgan fingerprint density at radius 2 is 1.77 bits per heavy atom. The molecular formula is C24H27N3O3. The van der Waals surface area contributed by atoms with Crippen molar-refractivity contribution in [1.29, 1.82) is 0 Å². The third-order valence-corrected chi connectivity index (χ3v) is 4.92. The molecule has 1 aromatic carbocycles. The highest BCUT2D eigenvalue weighted by Gasteiger charge is 2.28. The first-order valence-electron chi connectivity index (χ1n) is 9.98. The molecule has 0 aliphatic heterocycles. The molecule has 0 bridgehead atoms. The smallest absolute Gasteiger partial charge is 0.342 e. The van der Waals surface area contributed by atoms with Crippen molar-refractivity contribution < 1.29 is 14.6 Å². The summed E-state index contributed by atoms with van der Waals surface area (Å²) in [6.45, 7) is 6.10. The van der Waals surface area contributed by atoms with Gasteiger partial charge in [-0.3, -0.25) is 0 Å². The van der Waals surface area contributed by atoms with Gasteiger partial charge in [-0.15, -0.1) is 5.11 Å². The van der Waals surface area contributed by atoms with Gasteiger partial charge in [0.25, 0.3) is 0 Å². The minimum absolute atomic E-state index is 0.127. The molecule has 0 radical (unpaired) electrons. The number of benzene rings is 1. The Hall–Kier alpha value is -3.41. The molecule has 6 heteroatoms. The van der Waals surface area contributed by atoms with Crippen LogP contribution in [-0.4, -0.2) is 31.8 Å². The standard InChI is InChI=1S/C24H27N3O3/c1-6-30-24(29)21-20-14-16(15(2)3)8-7-9-19(20)22(23(21)28)26-25-17-10-12-18(13-11-17)27(4)5/h7-15,28H,6H2,1-5H3. The molecule has 0 saturated heterocycles. The van der Waals surface area contributed by atoms with Gasteiger partial charge < -0.3 is 14.7 Å². The molecule has 2 aliphatic carbocycles. The van der Waals surface area contributed by atoms with Crippen LogP contribution in [0.4, 0.5) is 17.1 Å². The van der Waals surface area contributed by atoms with E-state index in [9.17, 15) is 9.90 Å². The molecule has 0 amide bonds. The van der Waals surface area contributed by atoms with E-state index >= 15 is 0 Å². The van der Waals surface area contributed by atoms with E-state index in [1.807, 2.05) is 67.5 Å². The Bertz CT molecular complexity index is 1040. The summed E-state index contributed by atoms with van der Waals surface area (Å²) in [6, 6.07) is 15.2. The third-order valence-electron chi connectivity index (χ3n) is 4.92. The van der Waals surface area contributed by atoms with Gasteiger partial charge in [-0.05, 0) is 48.7 Å². The zero-order valence-corrected chi connectivity index (χ0v) is 18.0. The fraction of sp³-hybridized carbons (Fsp3) is 0.292. The number of aromatic hydroxyl groups is 1. The Balaban J connectivity index is 2.11. The van der Waals surface area contributed by atoms with Crippen LogP contribution >= 0.6 is 0 Å². The summed E-state index contributed by atoms with van der Waals surface area (Å²) in [7, 11) is 3.93. The number of rotatable bonds is 6. The average molecular weight is 405 g/mol. The molecule has 0 heterocycles. The van der Waals surface area contributed by atoms with E-state index in [2.05, 4.69) is 24.1 Å². The number of carbonyl (C=O) groups is 1. The molecule has 0 saturated carbocycles. The van der Waals surface area contributed by atoms with E-state index in [1.54, 1.807) is 6.92 Å². The molecule has 3 rings (SSSR count). The largest absolute Gasteiger partial charge is 0.505 e. The molecular weight excluding hydrogens is 378 g/mol. The van der Waals surface area contributed by atoms with Crippen molar-refractivity contribution in [3.8, 4) is 16.9 Å². The van der Waals surface area contributed by atoms with E-state index < -0.39 is 5.97 Å². The van der Waals surface area contributed by atoms with Crippen LogP contribution in [-0.2, 0) is 4.74 Å². The molecule has 2 aliphatic rings. The first kappa shape index (κ1) is 21.3. The van der Waals surface area contributed by atoms with Crippen LogP contribution in [0.15, 0.2) is 58.8 Å². The maximum absolute atomic E-state index is 12.6. The highest BCUT2D eigenvalue weighted by molar-refractivity contribution is 6.07. The number of esters is 1. The van der Waals surface area contributed by atoms with Crippen LogP contribution in [0.1, 0.15) is 42.6 Å². The summed E-state index contributed by atoms with van der Waals surface area (Å²) in [5.41, 5.74) is 4.39. The molecule has 1 aromatic rings. The molecule has 30 heavy (non-hydrogen) atoms. The molecule has 156 valence electrons. The lowest BCUT2D eigenvalue weighted by Gasteiger charge is -2.11. The average Bonchev–Trinajstić information content (AvgIpc) is 2.83. The molecule has 0 unspecified atom stereocenters. The minimum Gasteiger partial charge on any atom is -0.505 e. The third kappa shape index (κ3) is 4.27. The van der Waals surface area contributed by atoms with Crippen LogP contribution in [0.3, 0.4) is 0 Å². The van der Waals surface area contributed by atoms with E-state index in [1.165, 1.54) is 0 Å². The second kappa shape index (κ2) is 8.95. The highest BCUT2D eigenvalue weighted by Crippen LogP contribution is 2.48. The van der Waals surface area contributed by atoms with Gasteiger partial charge in [0.2, 0.25) is 0 Å². The molecule has 6 nitrogen and oxygen atoms in total. The topological polar surface area (TPSA) is 74.5 Å². The monoisotopic (exact) mass is 405 g/mol.